The lowest BCUT2D eigenvalue weighted by molar-refractivity contribution is -0.0328. The van der Waals surface area contributed by atoms with Gasteiger partial charge < -0.3 is 11.1 Å². The molecule has 0 unspecified atom stereocenters. The molecule has 2 aromatic heterocycles. The number of carbonyl (C=O) groups is 1. The molecule has 0 bridgehead atoms. The number of nitrogens with two attached hydrogens (primary N) is 1. The molecule has 0 spiro atoms. The Balaban J connectivity index is 2.10. The molecular formula is C16H14F3N5OS. The van der Waals surface area contributed by atoms with Gasteiger partial charge in [-0.05, 0) is 36.9 Å². The lowest BCUT2D eigenvalue weighted by Crippen LogP contribution is -2.14. The lowest BCUT2D eigenvalue weighted by Gasteiger charge is -2.13. The number of carbonyl (C=O) groups excluding carboxylic acids is 1. The summed E-state index contributed by atoms with van der Waals surface area (Å²) in [7, 11) is 1.71. The fourth-order valence-corrected chi connectivity index (χ4v) is 3.24. The van der Waals surface area contributed by atoms with Crippen molar-refractivity contribution in [2.75, 3.05) is 5.32 Å². The van der Waals surface area contributed by atoms with Gasteiger partial charge in [0.15, 0.2) is 5.65 Å². The Morgan fingerprint density at radius 3 is 2.73 bits per heavy atom. The van der Waals surface area contributed by atoms with Crippen molar-refractivity contribution in [2.24, 2.45) is 12.8 Å². The molecule has 2 heterocycles. The second-order valence-corrected chi connectivity index (χ2v) is 6.66. The van der Waals surface area contributed by atoms with Crippen LogP contribution in [0.4, 0.5) is 24.5 Å². The van der Waals surface area contributed by atoms with Crippen molar-refractivity contribution in [3.05, 3.63) is 41.7 Å². The number of hydrogen-bond acceptors (Lipinski definition) is 5. The maximum Gasteiger partial charge on any atom is 0.446 e. The normalized spacial score (nSPS) is 11.7. The molecule has 3 aromatic rings. The van der Waals surface area contributed by atoms with Crippen LogP contribution in [0.25, 0.3) is 11.0 Å². The van der Waals surface area contributed by atoms with Gasteiger partial charge in [-0.3, -0.25) is 9.48 Å². The molecule has 0 atom stereocenters. The standard InChI is InChI=1S/C16H14F3N5OS/c1-8-12-13(11(14(20)25)7-21-15(12)24(2)23-8)22-9-4-3-5-10(6-9)26-16(17,18)19/h3-7H,1-2H3,(H2,20,25)(H,21,22). The Bertz CT molecular complexity index is 999. The third-order valence-corrected chi connectivity index (χ3v) is 4.35. The Labute approximate surface area is 150 Å². The van der Waals surface area contributed by atoms with Crippen molar-refractivity contribution in [3.63, 3.8) is 0 Å². The molecule has 1 aromatic carbocycles. The minimum Gasteiger partial charge on any atom is -0.365 e. The number of nitrogens with zero attached hydrogens (tertiary/aromatic N) is 3. The topological polar surface area (TPSA) is 85.8 Å². The van der Waals surface area contributed by atoms with Gasteiger partial charge in [-0.1, -0.05) is 6.07 Å². The molecule has 3 N–H and O–H groups in total. The monoisotopic (exact) mass is 381 g/mol. The molecule has 0 saturated heterocycles. The number of primary amides is 1. The Kier molecular flexibility index (Phi) is 4.53. The molecule has 0 fully saturated rings. The zero-order chi connectivity index (χ0) is 19.1. The molecule has 26 heavy (non-hydrogen) atoms. The largest absolute Gasteiger partial charge is 0.446 e. The van der Waals surface area contributed by atoms with Crippen LogP contribution in [0.5, 0.6) is 0 Å². The van der Waals surface area contributed by atoms with Crippen LogP contribution in [0.1, 0.15) is 16.1 Å². The van der Waals surface area contributed by atoms with E-state index >= 15 is 0 Å². The Morgan fingerprint density at radius 2 is 2.08 bits per heavy atom. The number of aryl methyl sites for hydroxylation is 2. The van der Waals surface area contributed by atoms with Gasteiger partial charge >= 0.3 is 5.51 Å². The number of aromatic nitrogens is 3. The van der Waals surface area contributed by atoms with Gasteiger partial charge in [0.2, 0.25) is 0 Å². The molecule has 0 radical (unpaired) electrons. The first kappa shape index (κ1) is 18.1. The lowest BCUT2D eigenvalue weighted by atomic mass is 10.1. The number of alkyl halides is 3. The van der Waals surface area contributed by atoms with E-state index in [1.807, 2.05) is 0 Å². The molecule has 10 heteroatoms. The van der Waals surface area contributed by atoms with Crippen molar-refractivity contribution in [1.29, 1.82) is 0 Å². The summed E-state index contributed by atoms with van der Waals surface area (Å²) in [6, 6.07) is 5.80. The highest BCUT2D eigenvalue weighted by atomic mass is 32.2. The molecule has 0 aliphatic rings. The van der Waals surface area contributed by atoms with Crippen LogP contribution in [0.15, 0.2) is 35.4 Å². The van der Waals surface area contributed by atoms with Gasteiger partial charge in [0, 0.05) is 23.8 Å². The van der Waals surface area contributed by atoms with Crippen molar-refractivity contribution in [2.45, 2.75) is 17.3 Å². The van der Waals surface area contributed by atoms with E-state index in [1.54, 1.807) is 24.7 Å². The van der Waals surface area contributed by atoms with E-state index in [0.717, 1.165) is 0 Å². The summed E-state index contributed by atoms with van der Waals surface area (Å²) in [4.78, 5) is 16.0. The molecule has 0 saturated carbocycles. The van der Waals surface area contributed by atoms with Crippen LogP contribution in [-0.4, -0.2) is 26.2 Å². The highest BCUT2D eigenvalue weighted by Gasteiger charge is 2.29. The van der Waals surface area contributed by atoms with E-state index in [9.17, 15) is 18.0 Å². The number of amides is 1. The van der Waals surface area contributed by atoms with Gasteiger partial charge in [-0.2, -0.15) is 18.3 Å². The molecule has 1 amide bonds. The van der Waals surface area contributed by atoms with E-state index in [0.29, 0.717) is 28.1 Å². The van der Waals surface area contributed by atoms with Crippen LogP contribution in [0.2, 0.25) is 0 Å². The fraction of sp³-hybridized carbons (Fsp3) is 0.188. The zero-order valence-electron chi connectivity index (χ0n) is 13.8. The average molecular weight is 381 g/mol. The van der Waals surface area contributed by atoms with Crippen molar-refractivity contribution in [3.8, 4) is 0 Å². The predicted octanol–water partition coefficient (Wildman–Crippen LogP) is 3.73. The first-order chi connectivity index (χ1) is 12.2. The van der Waals surface area contributed by atoms with E-state index in [1.165, 1.54) is 24.4 Å². The van der Waals surface area contributed by atoms with Crippen LogP contribution < -0.4 is 11.1 Å². The first-order valence-electron chi connectivity index (χ1n) is 7.40. The van der Waals surface area contributed by atoms with Gasteiger partial charge in [0.1, 0.15) is 0 Å². The smallest absolute Gasteiger partial charge is 0.365 e. The summed E-state index contributed by atoms with van der Waals surface area (Å²) < 4.78 is 39.3. The number of nitrogens with one attached hydrogen (secondary N) is 1. The van der Waals surface area contributed by atoms with Gasteiger partial charge in [0.25, 0.3) is 5.91 Å². The number of thioether (sulfide) groups is 1. The molecule has 0 aliphatic heterocycles. The summed E-state index contributed by atoms with van der Waals surface area (Å²) in [5.41, 5.74) is 3.06. The highest BCUT2D eigenvalue weighted by Crippen LogP contribution is 2.38. The van der Waals surface area contributed by atoms with Gasteiger partial charge in [-0.25, -0.2) is 4.98 Å². The Hall–Kier alpha value is -2.75. The summed E-state index contributed by atoms with van der Waals surface area (Å²) in [6.45, 7) is 1.75. The maximum absolute atomic E-state index is 12.6. The number of halogens is 3. The van der Waals surface area contributed by atoms with Crippen LogP contribution in [0, 0.1) is 6.92 Å². The molecule has 0 aliphatic carbocycles. The number of benzene rings is 1. The van der Waals surface area contributed by atoms with E-state index in [4.69, 9.17) is 5.73 Å². The average Bonchev–Trinajstić information content (AvgIpc) is 2.81. The van der Waals surface area contributed by atoms with Gasteiger partial charge in [-0.15, -0.1) is 0 Å². The third-order valence-electron chi connectivity index (χ3n) is 3.63. The number of hydrogen-bond donors (Lipinski definition) is 2. The second kappa shape index (κ2) is 6.52. The van der Waals surface area contributed by atoms with Gasteiger partial charge in [0.05, 0.1) is 22.3 Å². The third kappa shape index (κ3) is 3.59. The zero-order valence-corrected chi connectivity index (χ0v) is 14.6. The van der Waals surface area contributed by atoms with Crippen LogP contribution in [0.3, 0.4) is 0 Å². The summed E-state index contributed by atoms with van der Waals surface area (Å²) in [5, 5.41) is 7.85. The van der Waals surface area contributed by atoms with Crippen LogP contribution in [-0.2, 0) is 7.05 Å². The van der Waals surface area contributed by atoms with Crippen molar-refractivity contribution >= 4 is 40.1 Å². The van der Waals surface area contributed by atoms with E-state index in [2.05, 4.69) is 15.4 Å². The first-order valence-corrected chi connectivity index (χ1v) is 8.22. The maximum atomic E-state index is 12.6. The molecular weight excluding hydrogens is 367 g/mol. The molecule has 3 rings (SSSR count). The predicted molar refractivity (Wildman–Crippen MR) is 93.4 cm³/mol. The minimum absolute atomic E-state index is 0.0244. The SMILES string of the molecule is Cc1nn(C)c2ncc(C(N)=O)c(Nc3cccc(SC(F)(F)F)c3)c12. The minimum atomic E-state index is -4.39. The Morgan fingerprint density at radius 1 is 1.35 bits per heavy atom. The molecule has 6 nitrogen and oxygen atoms in total. The van der Waals surface area contributed by atoms with Crippen LogP contribution >= 0.6 is 11.8 Å². The number of rotatable bonds is 4. The quantitative estimate of drug-likeness (QED) is 0.673. The fourth-order valence-electron chi connectivity index (χ4n) is 2.64. The number of anilines is 2. The second-order valence-electron chi connectivity index (χ2n) is 5.52. The molecule has 136 valence electrons. The highest BCUT2D eigenvalue weighted by molar-refractivity contribution is 8.00. The van der Waals surface area contributed by atoms with Crippen molar-refractivity contribution < 1.29 is 18.0 Å². The summed E-state index contributed by atoms with van der Waals surface area (Å²) in [6.07, 6.45) is 1.32. The summed E-state index contributed by atoms with van der Waals surface area (Å²) in [5.74, 6) is -0.703. The summed E-state index contributed by atoms with van der Waals surface area (Å²) >= 11 is -0.214. The van der Waals surface area contributed by atoms with Crippen molar-refractivity contribution in [1.82, 2.24) is 14.8 Å². The van der Waals surface area contributed by atoms with E-state index < -0.39 is 11.4 Å². The number of fused-ring (bicyclic) bond motifs is 1. The number of pyridine rings is 1. The van der Waals surface area contributed by atoms with E-state index in [-0.39, 0.29) is 22.2 Å².